The van der Waals surface area contributed by atoms with Crippen LogP contribution in [-0.2, 0) is 14.8 Å². The molecule has 1 saturated carbocycles. The lowest BCUT2D eigenvalue weighted by atomic mass is 10.1. The van der Waals surface area contributed by atoms with Crippen molar-refractivity contribution in [2.24, 2.45) is 11.1 Å². The number of nitrogens with zero attached hydrogens (tertiary/aromatic N) is 3. The Bertz CT molecular complexity index is 606. The summed E-state index contributed by atoms with van der Waals surface area (Å²) in [6, 6.07) is 0. The number of rotatable bonds is 4. The van der Waals surface area contributed by atoms with Gasteiger partial charge in [0.15, 0.2) is 0 Å². The molecule has 0 bridgehead atoms. The van der Waals surface area contributed by atoms with Crippen molar-refractivity contribution in [3.05, 3.63) is 5.82 Å². The van der Waals surface area contributed by atoms with Crippen LogP contribution in [0.2, 0.25) is 0 Å². The van der Waals surface area contributed by atoms with E-state index in [-0.39, 0.29) is 24.0 Å². The fraction of sp³-hybridized carbons (Fsp3) is 0.700. The first-order valence-electron chi connectivity index (χ1n) is 6.15. The van der Waals surface area contributed by atoms with Gasteiger partial charge >= 0.3 is 0 Å². The highest BCUT2D eigenvalue weighted by Gasteiger charge is 2.36. The van der Waals surface area contributed by atoms with Crippen LogP contribution in [0.15, 0.2) is 0 Å². The van der Waals surface area contributed by atoms with Gasteiger partial charge in [-0.3, -0.25) is 14.8 Å². The van der Waals surface area contributed by atoms with E-state index in [0.717, 1.165) is 18.7 Å². The van der Waals surface area contributed by atoms with Crippen LogP contribution in [0.1, 0.15) is 31.0 Å². The molecule has 1 aromatic rings. The SMILES string of the molecule is NS(=O)(=O)CC1CC(=O)N(c2n[nH]c(C3CC3)n2)C1. The number of sulfonamides is 1. The zero-order valence-corrected chi connectivity index (χ0v) is 11.1. The van der Waals surface area contributed by atoms with E-state index in [1.807, 2.05) is 0 Å². The van der Waals surface area contributed by atoms with Crippen molar-refractivity contribution in [3.63, 3.8) is 0 Å². The second kappa shape index (κ2) is 4.27. The first-order valence-corrected chi connectivity index (χ1v) is 7.87. The lowest BCUT2D eigenvalue weighted by Gasteiger charge is -2.11. The van der Waals surface area contributed by atoms with E-state index in [1.165, 1.54) is 4.90 Å². The van der Waals surface area contributed by atoms with Gasteiger partial charge in [0.25, 0.3) is 5.95 Å². The van der Waals surface area contributed by atoms with E-state index in [9.17, 15) is 13.2 Å². The van der Waals surface area contributed by atoms with Crippen LogP contribution in [0, 0.1) is 5.92 Å². The monoisotopic (exact) mass is 285 g/mol. The van der Waals surface area contributed by atoms with E-state index in [1.54, 1.807) is 0 Å². The molecule has 1 amide bonds. The minimum Gasteiger partial charge on any atom is -0.279 e. The van der Waals surface area contributed by atoms with E-state index < -0.39 is 10.0 Å². The predicted octanol–water partition coefficient (Wildman–Crippen LogP) is -0.676. The number of H-pyrrole nitrogens is 1. The fourth-order valence-electron chi connectivity index (χ4n) is 2.34. The Balaban J connectivity index is 1.72. The summed E-state index contributed by atoms with van der Waals surface area (Å²) in [4.78, 5) is 17.6. The number of hydrogen-bond acceptors (Lipinski definition) is 5. The molecule has 1 aliphatic heterocycles. The Morgan fingerprint density at radius 1 is 1.42 bits per heavy atom. The van der Waals surface area contributed by atoms with Gasteiger partial charge in [0, 0.05) is 24.8 Å². The molecule has 2 heterocycles. The van der Waals surface area contributed by atoms with Crippen molar-refractivity contribution in [2.75, 3.05) is 17.2 Å². The number of anilines is 1. The molecule has 1 aliphatic carbocycles. The molecular weight excluding hydrogens is 270 g/mol. The second-order valence-corrected chi connectivity index (χ2v) is 6.86. The zero-order valence-electron chi connectivity index (χ0n) is 10.2. The molecule has 104 valence electrons. The molecule has 19 heavy (non-hydrogen) atoms. The van der Waals surface area contributed by atoms with E-state index in [2.05, 4.69) is 15.2 Å². The topological polar surface area (TPSA) is 122 Å². The molecular formula is C10H15N5O3S. The van der Waals surface area contributed by atoms with Crippen LogP contribution in [-0.4, -0.2) is 41.8 Å². The summed E-state index contributed by atoms with van der Waals surface area (Å²) < 4.78 is 22.1. The largest absolute Gasteiger partial charge is 0.279 e. The molecule has 1 aromatic heterocycles. The number of amides is 1. The molecule has 0 spiro atoms. The highest BCUT2D eigenvalue weighted by molar-refractivity contribution is 7.89. The van der Waals surface area contributed by atoms with Crippen molar-refractivity contribution in [1.82, 2.24) is 15.2 Å². The number of carbonyl (C=O) groups is 1. The third-order valence-corrected chi connectivity index (χ3v) is 4.31. The standard InChI is InChI=1S/C10H15N5O3S/c11-19(17,18)5-6-3-8(16)15(4-6)10-12-9(13-14-10)7-1-2-7/h6-7H,1-5H2,(H2,11,17,18)(H,12,13,14). The Morgan fingerprint density at radius 2 is 2.16 bits per heavy atom. The van der Waals surface area contributed by atoms with Crippen molar-refractivity contribution >= 4 is 21.9 Å². The maximum absolute atomic E-state index is 11.9. The zero-order chi connectivity index (χ0) is 13.6. The summed E-state index contributed by atoms with van der Waals surface area (Å²) in [6.07, 6.45) is 2.36. The number of aromatic amines is 1. The van der Waals surface area contributed by atoms with Gasteiger partial charge in [0.1, 0.15) is 5.82 Å². The Morgan fingerprint density at radius 3 is 2.79 bits per heavy atom. The summed E-state index contributed by atoms with van der Waals surface area (Å²) in [6.45, 7) is 0.303. The Kier molecular flexibility index (Phi) is 2.82. The summed E-state index contributed by atoms with van der Waals surface area (Å²) in [5.74, 6) is 0.941. The highest BCUT2D eigenvalue weighted by atomic mass is 32.2. The Hall–Kier alpha value is -1.48. The van der Waals surface area contributed by atoms with Gasteiger partial charge in [0.2, 0.25) is 15.9 Å². The van der Waals surface area contributed by atoms with E-state index in [0.29, 0.717) is 18.4 Å². The van der Waals surface area contributed by atoms with Gasteiger partial charge in [0.05, 0.1) is 5.75 Å². The highest BCUT2D eigenvalue weighted by Crippen LogP contribution is 2.38. The van der Waals surface area contributed by atoms with Gasteiger partial charge in [-0.15, -0.1) is 5.10 Å². The summed E-state index contributed by atoms with van der Waals surface area (Å²) >= 11 is 0. The molecule has 1 atom stereocenters. The van der Waals surface area contributed by atoms with Gasteiger partial charge in [-0.25, -0.2) is 13.6 Å². The molecule has 3 rings (SSSR count). The third kappa shape index (κ3) is 2.76. The van der Waals surface area contributed by atoms with Crippen molar-refractivity contribution in [3.8, 4) is 0 Å². The van der Waals surface area contributed by atoms with Crippen LogP contribution >= 0.6 is 0 Å². The minimum absolute atomic E-state index is 0.157. The summed E-state index contributed by atoms with van der Waals surface area (Å²) in [5, 5.41) is 11.9. The number of carbonyl (C=O) groups excluding carboxylic acids is 1. The second-order valence-electron chi connectivity index (χ2n) is 5.20. The number of aromatic nitrogens is 3. The first kappa shape index (κ1) is 12.5. The van der Waals surface area contributed by atoms with Gasteiger partial charge in [-0.05, 0) is 12.8 Å². The lowest BCUT2D eigenvalue weighted by molar-refractivity contribution is -0.117. The van der Waals surface area contributed by atoms with E-state index in [4.69, 9.17) is 5.14 Å². The number of nitrogens with one attached hydrogen (secondary N) is 1. The fourth-order valence-corrected chi connectivity index (χ4v) is 3.22. The van der Waals surface area contributed by atoms with Crippen molar-refractivity contribution in [1.29, 1.82) is 0 Å². The number of nitrogens with two attached hydrogens (primary N) is 1. The van der Waals surface area contributed by atoms with Crippen molar-refractivity contribution in [2.45, 2.75) is 25.2 Å². The first-order chi connectivity index (χ1) is 8.92. The van der Waals surface area contributed by atoms with Crippen molar-refractivity contribution < 1.29 is 13.2 Å². The molecule has 9 heteroatoms. The minimum atomic E-state index is -3.56. The average molecular weight is 285 g/mol. The molecule has 1 unspecified atom stereocenters. The van der Waals surface area contributed by atoms with Gasteiger partial charge in [-0.1, -0.05) is 0 Å². The third-order valence-electron chi connectivity index (χ3n) is 3.37. The number of hydrogen-bond donors (Lipinski definition) is 2. The van der Waals surface area contributed by atoms with Crippen LogP contribution in [0.4, 0.5) is 5.95 Å². The molecule has 2 fully saturated rings. The normalized spacial score (nSPS) is 24.2. The summed E-state index contributed by atoms with van der Waals surface area (Å²) in [7, 11) is -3.56. The maximum atomic E-state index is 11.9. The van der Waals surface area contributed by atoms with Crippen LogP contribution in [0.5, 0.6) is 0 Å². The molecule has 1 saturated heterocycles. The molecule has 2 aliphatic rings. The molecule has 3 N–H and O–H groups in total. The van der Waals surface area contributed by atoms with Gasteiger partial charge in [-0.2, -0.15) is 4.98 Å². The smallest absolute Gasteiger partial charge is 0.251 e. The van der Waals surface area contributed by atoms with Gasteiger partial charge < -0.3 is 0 Å². The predicted molar refractivity (Wildman–Crippen MR) is 66.8 cm³/mol. The molecule has 8 nitrogen and oxygen atoms in total. The molecule has 0 aromatic carbocycles. The lowest BCUT2D eigenvalue weighted by Crippen LogP contribution is -2.28. The average Bonchev–Trinajstić information content (AvgIpc) is 2.91. The summed E-state index contributed by atoms with van der Waals surface area (Å²) in [5.41, 5.74) is 0. The molecule has 0 radical (unpaired) electrons. The van der Waals surface area contributed by atoms with Crippen LogP contribution < -0.4 is 10.0 Å². The number of primary sulfonamides is 1. The van der Waals surface area contributed by atoms with Crippen LogP contribution in [0.25, 0.3) is 0 Å². The quantitative estimate of drug-likeness (QED) is 0.759. The Labute approximate surface area is 110 Å². The maximum Gasteiger partial charge on any atom is 0.251 e. The van der Waals surface area contributed by atoms with E-state index >= 15 is 0 Å². The van der Waals surface area contributed by atoms with Crippen LogP contribution in [0.3, 0.4) is 0 Å².